The predicted octanol–water partition coefficient (Wildman–Crippen LogP) is 2.98. The monoisotopic (exact) mass is 243 g/mol. The maximum absolute atomic E-state index is 12.9. The van der Waals surface area contributed by atoms with Crippen LogP contribution in [-0.4, -0.2) is 15.0 Å². The topological polar surface area (TPSA) is 38.7 Å². The average Bonchev–Trinajstić information content (AvgIpc) is 2.16. The third-order valence-electron chi connectivity index (χ3n) is 1.63. The Balaban J connectivity index is 2.54. The number of halogens is 3. The summed E-state index contributed by atoms with van der Waals surface area (Å²) < 4.78 is 12.9. The molecule has 0 saturated carbocycles. The van der Waals surface area contributed by atoms with Gasteiger partial charge in [0.1, 0.15) is 16.1 Å². The van der Waals surface area contributed by atoms with Crippen LogP contribution in [0, 0.1) is 5.82 Å². The maximum Gasteiger partial charge on any atom is 0.164 e. The predicted molar refractivity (Wildman–Crippen MR) is 55.2 cm³/mol. The smallest absolute Gasteiger partial charge is 0.164 e. The molecule has 2 aromatic heterocycles. The van der Waals surface area contributed by atoms with Crippen LogP contribution >= 0.6 is 23.2 Å². The molecule has 0 atom stereocenters. The largest absolute Gasteiger partial charge is 0.261 e. The van der Waals surface area contributed by atoms with Crippen molar-refractivity contribution in [2.45, 2.75) is 0 Å². The van der Waals surface area contributed by atoms with Crippen LogP contribution in [0.2, 0.25) is 10.3 Å². The van der Waals surface area contributed by atoms with Gasteiger partial charge in [-0.15, -0.1) is 0 Å². The SMILES string of the molecule is Fc1cncc(-c2nc(Cl)cc(Cl)n2)c1. The number of hydrogen-bond donors (Lipinski definition) is 0. The Morgan fingerprint density at radius 1 is 1.00 bits per heavy atom. The lowest BCUT2D eigenvalue weighted by Gasteiger charge is -2.00. The highest BCUT2D eigenvalue weighted by molar-refractivity contribution is 6.33. The number of nitrogens with zero attached hydrogens (tertiary/aromatic N) is 3. The van der Waals surface area contributed by atoms with Crippen LogP contribution in [0.15, 0.2) is 24.5 Å². The lowest BCUT2D eigenvalue weighted by Crippen LogP contribution is -1.91. The highest BCUT2D eigenvalue weighted by atomic mass is 35.5. The Morgan fingerprint density at radius 2 is 1.67 bits per heavy atom. The normalized spacial score (nSPS) is 10.3. The van der Waals surface area contributed by atoms with E-state index in [1.54, 1.807) is 0 Å². The molecule has 0 aliphatic carbocycles. The van der Waals surface area contributed by atoms with Gasteiger partial charge in [-0.1, -0.05) is 23.2 Å². The molecule has 15 heavy (non-hydrogen) atoms. The molecular formula is C9H4Cl2FN3. The fraction of sp³-hybridized carbons (Fsp3) is 0. The zero-order valence-corrected chi connectivity index (χ0v) is 8.80. The maximum atomic E-state index is 12.9. The molecule has 0 bridgehead atoms. The van der Waals surface area contributed by atoms with E-state index in [4.69, 9.17) is 23.2 Å². The van der Waals surface area contributed by atoms with Crippen molar-refractivity contribution in [1.82, 2.24) is 15.0 Å². The zero-order valence-electron chi connectivity index (χ0n) is 7.28. The third-order valence-corrected chi connectivity index (χ3v) is 2.01. The minimum atomic E-state index is -0.466. The van der Waals surface area contributed by atoms with Crippen molar-refractivity contribution < 1.29 is 4.39 Å². The van der Waals surface area contributed by atoms with Crippen LogP contribution < -0.4 is 0 Å². The van der Waals surface area contributed by atoms with Crippen molar-refractivity contribution in [3.8, 4) is 11.4 Å². The molecule has 0 spiro atoms. The van der Waals surface area contributed by atoms with Crippen LogP contribution in [-0.2, 0) is 0 Å². The summed E-state index contributed by atoms with van der Waals surface area (Å²) >= 11 is 11.4. The van der Waals surface area contributed by atoms with E-state index in [0.29, 0.717) is 5.56 Å². The molecule has 0 aromatic carbocycles. The summed E-state index contributed by atoms with van der Waals surface area (Å²) in [7, 11) is 0. The summed E-state index contributed by atoms with van der Waals surface area (Å²) in [5.41, 5.74) is 0.430. The Labute approximate surface area is 94.9 Å². The van der Waals surface area contributed by atoms with Gasteiger partial charge in [-0.25, -0.2) is 14.4 Å². The molecule has 2 heterocycles. The van der Waals surface area contributed by atoms with E-state index in [9.17, 15) is 4.39 Å². The highest BCUT2D eigenvalue weighted by Gasteiger charge is 2.05. The van der Waals surface area contributed by atoms with E-state index < -0.39 is 5.82 Å². The average molecular weight is 244 g/mol. The molecule has 3 nitrogen and oxygen atoms in total. The van der Waals surface area contributed by atoms with Crippen molar-refractivity contribution in [2.75, 3.05) is 0 Å². The summed E-state index contributed by atoms with van der Waals surface area (Å²) in [5, 5.41) is 0.406. The summed E-state index contributed by atoms with van der Waals surface area (Å²) in [6.45, 7) is 0. The van der Waals surface area contributed by atoms with Crippen LogP contribution in [0.3, 0.4) is 0 Å². The summed E-state index contributed by atoms with van der Waals surface area (Å²) in [6, 6.07) is 2.66. The minimum Gasteiger partial charge on any atom is -0.261 e. The van der Waals surface area contributed by atoms with Gasteiger partial charge in [0.2, 0.25) is 0 Å². The van der Waals surface area contributed by atoms with E-state index >= 15 is 0 Å². The lowest BCUT2D eigenvalue weighted by molar-refractivity contribution is 0.622. The van der Waals surface area contributed by atoms with E-state index in [1.807, 2.05) is 0 Å². The van der Waals surface area contributed by atoms with Gasteiger partial charge in [0.05, 0.1) is 6.20 Å². The number of pyridine rings is 1. The molecule has 6 heteroatoms. The molecule has 0 unspecified atom stereocenters. The molecule has 0 N–H and O–H groups in total. The standard InChI is InChI=1S/C9H4Cl2FN3/c10-7-2-8(11)15-9(14-7)5-1-6(12)4-13-3-5/h1-4H. The zero-order chi connectivity index (χ0) is 10.8. The van der Waals surface area contributed by atoms with Crippen LogP contribution in [0.1, 0.15) is 0 Å². The molecule has 0 saturated heterocycles. The molecule has 0 aliphatic rings. The lowest BCUT2D eigenvalue weighted by atomic mass is 10.2. The van der Waals surface area contributed by atoms with Crippen molar-refractivity contribution in [1.29, 1.82) is 0 Å². The first-order valence-corrected chi connectivity index (χ1v) is 4.72. The van der Waals surface area contributed by atoms with Crippen LogP contribution in [0.4, 0.5) is 4.39 Å². The quantitative estimate of drug-likeness (QED) is 0.723. The van der Waals surface area contributed by atoms with E-state index in [2.05, 4.69) is 15.0 Å². The van der Waals surface area contributed by atoms with E-state index in [-0.39, 0.29) is 16.1 Å². The Bertz CT molecular complexity index is 484. The van der Waals surface area contributed by atoms with Crippen LogP contribution in [0.25, 0.3) is 11.4 Å². The van der Waals surface area contributed by atoms with Gasteiger partial charge in [-0.2, -0.15) is 0 Å². The Kier molecular flexibility index (Phi) is 2.79. The number of aromatic nitrogens is 3. The van der Waals surface area contributed by atoms with Gasteiger partial charge in [0.15, 0.2) is 5.82 Å². The first-order valence-electron chi connectivity index (χ1n) is 3.96. The van der Waals surface area contributed by atoms with Crippen molar-refractivity contribution >= 4 is 23.2 Å². The summed E-state index contributed by atoms with van der Waals surface area (Å²) in [6.07, 6.45) is 2.53. The van der Waals surface area contributed by atoms with Gasteiger partial charge in [0, 0.05) is 17.8 Å². The fourth-order valence-corrected chi connectivity index (χ4v) is 1.48. The van der Waals surface area contributed by atoms with Crippen molar-refractivity contribution in [3.05, 3.63) is 40.6 Å². The second-order valence-corrected chi connectivity index (χ2v) is 3.50. The first-order chi connectivity index (χ1) is 7.15. The van der Waals surface area contributed by atoms with Gasteiger partial charge >= 0.3 is 0 Å². The minimum absolute atomic E-state index is 0.203. The van der Waals surface area contributed by atoms with Gasteiger partial charge in [-0.3, -0.25) is 4.98 Å². The second kappa shape index (κ2) is 4.08. The van der Waals surface area contributed by atoms with E-state index in [0.717, 1.165) is 6.20 Å². The molecule has 76 valence electrons. The summed E-state index contributed by atoms with van der Waals surface area (Å²) in [4.78, 5) is 11.5. The fourth-order valence-electron chi connectivity index (χ4n) is 1.05. The third kappa shape index (κ3) is 2.40. The molecular weight excluding hydrogens is 240 g/mol. The Morgan fingerprint density at radius 3 is 2.27 bits per heavy atom. The highest BCUT2D eigenvalue weighted by Crippen LogP contribution is 2.19. The first kappa shape index (κ1) is 10.3. The van der Waals surface area contributed by atoms with Crippen molar-refractivity contribution in [2.24, 2.45) is 0 Å². The molecule has 0 fully saturated rings. The molecule has 2 aromatic rings. The molecule has 0 amide bonds. The van der Waals surface area contributed by atoms with Gasteiger partial charge in [0.25, 0.3) is 0 Å². The van der Waals surface area contributed by atoms with Gasteiger partial charge < -0.3 is 0 Å². The molecule has 0 aliphatic heterocycles. The number of rotatable bonds is 1. The Hall–Kier alpha value is -1.26. The van der Waals surface area contributed by atoms with Crippen LogP contribution in [0.5, 0.6) is 0 Å². The number of hydrogen-bond acceptors (Lipinski definition) is 3. The molecule has 0 radical (unpaired) electrons. The van der Waals surface area contributed by atoms with Gasteiger partial charge in [-0.05, 0) is 6.07 Å². The molecule has 2 rings (SSSR count). The van der Waals surface area contributed by atoms with Crippen molar-refractivity contribution in [3.63, 3.8) is 0 Å². The summed E-state index contributed by atoms with van der Waals surface area (Å²) in [5.74, 6) is -0.216. The van der Waals surface area contributed by atoms with E-state index in [1.165, 1.54) is 18.3 Å². The second-order valence-electron chi connectivity index (χ2n) is 2.73.